The van der Waals surface area contributed by atoms with Crippen LogP contribution in [0.25, 0.3) is 67.5 Å². The number of rotatable bonds is 6. The maximum absolute atomic E-state index is 4.99. The van der Waals surface area contributed by atoms with Crippen LogP contribution in [0.1, 0.15) is 0 Å². The first-order chi connectivity index (χ1) is 20.8. The largest absolute Gasteiger partial charge is 0.264 e. The fourth-order valence-corrected chi connectivity index (χ4v) is 4.88. The van der Waals surface area contributed by atoms with Gasteiger partial charge in [-0.3, -0.25) is 15.0 Å². The topological polar surface area (TPSA) is 77.3 Å². The molecule has 0 amide bonds. The molecule has 0 aliphatic heterocycles. The van der Waals surface area contributed by atoms with Gasteiger partial charge >= 0.3 is 0 Å². The summed E-state index contributed by atoms with van der Waals surface area (Å²) in [5, 5.41) is 0. The molecule has 0 aliphatic carbocycles. The highest BCUT2D eigenvalue weighted by atomic mass is 15.0. The molecule has 3 aromatic carbocycles. The van der Waals surface area contributed by atoms with E-state index in [-0.39, 0.29) is 0 Å². The summed E-state index contributed by atoms with van der Waals surface area (Å²) >= 11 is 0. The lowest BCUT2D eigenvalue weighted by molar-refractivity contribution is 1.07. The average Bonchev–Trinajstić information content (AvgIpc) is 3.09. The molecule has 7 rings (SSSR count). The molecule has 0 saturated carbocycles. The van der Waals surface area contributed by atoms with Crippen LogP contribution >= 0.6 is 0 Å². The molecule has 0 unspecified atom stereocenters. The summed E-state index contributed by atoms with van der Waals surface area (Å²) in [6.45, 7) is 0. The number of benzene rings is 3. The van der Waals surface area contributed by atoms with Crippen molar-refractivity contribution in [1.29, 1.82) is 0 Å². The van der Waals surface area contributed by atoms with Crippen molar-refractivity contribution in [2.24, 2.45) is 0 Å². The van der Waals surface area contributed by atoms with E-state index in [2.05, 4.69) is 51.4 Å². The highest BCUT2D eigenvalue weighted by molar-refractivity contribution is 5.75. The molecule has 6 heteroatoms. The van der Waals surface area contributed by atoms with Gasteiger partial charge in [0.2, 0.25) is 0 Å². The minimum atomic E-state index is 0.597. The Morgan fingerprint density at radius 2 is 0.571 bits per heavy atom. The van der Waals surface area contributed by atoms with Gasteiger partial charge in [-0.2, -0.15) is 0 Å². The van der Waals surface area contributed by atoms with Crippen molar-refractivity contribution < 1.29 is 0 Å². The molecule has 7 aromatic rings. The first-order valence-corrected chi connectivity index (χ1v) is 13.6. The van der Waals surface area contributed by atoms with Crippen LogP contribution in [0.4, 0.5) is 0 Å². The number of pyridine rings is 3. The summed E-state index contributed by atoms with van der Waals surface area (Å²) in [4.78, 5) is 27.8. The Morgan fingerprint density at radius 1 is 0.286 bits per heavy atom. The van der Waals surface area contributed by atoms with Gasteiger partial charge in [-0.05, 0) is 53.1 Å². The lowest BCUT2D eigenvalue weighted by Crippen LogP contribution is -2.00. The van der Waals surface area contributed by atoms with Gasteiger partial charge in [0.25, 0.3) is 0 Å². The summed E-state index contributed by atoms with van der Waals surface area (Å²) in [7, 11) is 0. The van der Waals surface area contributed by atoms with Gasteiger partial charge in [-0.1, -0.05) is 72.8 Å². The van der Waals surface area contributed by atoms with E-state index in [0.717, 1.165) is 50.1 Å². The molecule has 4 aromatic heterocycles. The first-order valence-electron chi connectivity index (χ1n) is 13.6. The van der Waals surface area contributed by atoms with Crippen LogP contribution in [0, 0.1) is 0 Å². The Morgan fingerprint density at radius 3 is 0.857 bits per heavy atom. The van der Waals surface area contributed by atoms with E-state index < -0.39 is 0 Å². The Bertz CT molecular complexity index is 1730. The van der Waals surface area contributed by atoms with Gasteiger partial charge < -0.3 is 0 Å². The molecule has 6 nitrogen and oxygen atoms in total. The lowest BCUT2D eigenvalue weighted by Gasteiger charge is -2.11. The maximum atomic E-state index is 4.99. The molecule has 0 radical (unpaired) electrons. The number of nitrogens with zero attached hydrogens (tertiary/aromatic N) is 6. The van der Waals surface area contributed by atoms with Gasteiger partial charge in [-0.15, -0.1) is 0 Å². The molecule has 42 heavy (non-hydrogen) atoms. The fraction of sp³-hybridized carbons (Fsp3) is 0. The van der Waals surface area contributed by atoms with E-state index in [1.165, 1.54) is 0 Å². The molecule has 0 N–H and O–H groups in total. The van der Waals surface area contributed by atoms with E-state index in [9.17, 15) is 0 Å². The van der Waals surface area contributed by atoms with Crippen molar-refractivity contribution in [3.05, 3.63) is 146 Å². The van der Waals surface area contributed by atoms with Crippen molar-refractivity contribution in [2.45, 2.75) is 0 Å². The van der Waals surface area contributed by atoms with Gasteiger partial charge in [0.1, 0.15) is 0 Å². The van der Waals surface area contributed by atoms with E-state index in [0.29, 0.717) is 17.5 Å². The molecule has 0 fully saturated rings. The number of hydrogen-bond acceptors (Lipinski definition) is 6. The van der Waals surface area contributed by atoms with E-state index in [1.807, 2.05) is 91.4 Å². The predicted molar refractivity (Wildman–Crippen MR) is 166 cm³/mol. The van der Waals surface area contributed by atoms with Crippen LogP contribution in [-0.2, 0) is 0 Å². The van der Waals surface area contributed by atoms with Gasteiger partial charge in [0.05, 0.1) is 0 Å². The molecule has 0 atom stereocenters. The normalized spacial score (nSPS) is 10.9. The molecular formula is C36H24N6. The second-order valence-electron chi connectivity index (χ2n) is 9.77. The maximum Gasteiger partial charge on any atom is 0.164 e. The third kappa shape index (κ3) is 5.29. The minimum Gasteiger partial charge on any atom is -0.264 e. The zero-order valence-electron chi connectivity index (χ0n) is 22.5. The number of aromatic nitrogens is 6. The van der Waals surface area contributed by atoms with E-state index in [4.69, 9.17) is 15.0 Å². The number of hydrogen-bond donors (Lipinski definition) is 0. The third-order valence-electron chi connectivity index (χ3n) is 6.98. The van der Waals surface area contributed by atoms with Gasteiger partial charge in [0.15, 0.2) is 17.5 Å². The zero-order valence-corrected chi connectivity index (χ0v) is 22.5. The zero-order chi connectivity index (χ0) is 28.1. The SMILES string of the molecule is c1cncc(-c2cccc(-c3nc(-c4cccc(-c5cccnc5)c4)nc(-c4cccc(-c5cccnc5)c4)n3)c2)c1. The van der Waals surface area contributed by atoms with Crippen LogP contribution in [0.2, 0.25) is 0 Å². The Hall–Kier alpha value is -5.88. The van der Waals surface area contributed by atoms with Crippen molar-refractivity contribution in [3.63, 3.8) is 0 Å². The van der Waals surface area contributed by atoms with Crippen molar-refractivity contribution >= 4 is 0 Å². The molecule has 0 aliphatic rings. The summed E-state index contributed by atoms with van der Waals surface area (Å²) in [5.74, 6) is 1.79. The highest BCUT2D eigenvalue weighted by Crippen LogP contribution is 2.31. The fourth-order valence-electron chi connectivity index (χ4n) is 4.88. The summed E-state index contributed by atoms with van der Waals surface area (Å²) < 4.78 is 0. The molecule has 0 spiro atoms. The van der Waals surface area contributed by atoms with Crippen molar-refractivity contribution in [2.75, 3.05) is 0 Å². The molecule has 0 bridgehead atoms. The summed E-state index contributed by atoms with van der Waals surface area (Å²) in [6.07, 6.45) is 10.9. The highest BCUT2D eigenvalue weighted by Gasteiger charge is 2.14. The van der Waals surface area contributed by atoms with Crippen LogP contribution < -0.4 is 0 Å². The second kappa shape index (κ2) is 11.3. The molecule has 0 saturated heterocycles. The van der Waals surface area contributed by atoms with E-state index in [1.54, 1.807) is 18.6 Å². The summed E-state index contributed by atoms with van der Waals surface area (Å²) in [6, 6.07) is 36.6. The van der Waals surface area contributed by atoms with Crippen LogP contribution in [-0.4, -0.2) is 29.9 Å². The Labute approximate surface area is 243 Å². The quantitative estimate of drug-likeness (QED) is 0.212. The van der Waals surface area contributed by atoms with Crippen LogP contribution in [0.3, 0.4) is 0 Å². The van der Waals surface area contributed by atoms with E-state index >= 15 is 0 Å². The lowest BCUT2D eigenvalue weighted by atomic mass is 10.0. The van der Waals surface area contributed by atoms with Crippen LogP contribution in [0.15, 0.2) is 146 Å². The standard InChI is InChI=1S/C36H24N6/c1-7-25(31-13-4-16-37-22-31)19-28(10-1)34-40-35(29-11-2-8-26(20-29)32-14-5-17-38-23-32)42-36(41-34)30-12-3-9-27(21-30)33-15-6-18-39-24-33/h1-24H. The average molecular weight is 541 g/mol. The summed E-state index contributed by atoms with van der Waals surface area (Å²) in [5.41, 5.74) is 8.91. The predicted octanol–water partition coefficient (Wildman–Crippen LogP) is 8.06. The molecule has 198 valence electrons. The Kier molecular flexibility index (Phi) is 6.76. The first kappa shape index (κ1) is 25.1. The Balaban J connectivity index is 1.38. The van der Waals surface area contributed by atoms with Crippen molar-refractivity contribution in [3.8, 4) is 67.5 Å². The molecule has 4 heterocycles. The third-order valence-corrected chi connectivity index (χ3v) is 6.98. The van der Waals surface area contributed by atoms with Gasteiger partial charge in [0, 0.05) is 70.6 Å². The smallest absolute Gasteiger partial charge is 0.164 e. The van der Waals surface area contributed by atoms with Crippen LogP contribution in [0.5, 0.6) is 0 Å². The van der Waals surface area contributed by atoms with Gasteiger partial charge in [-0.25, -0.2) is 15.0 Å². The monoisotopic (exact) mass is 540 g/mol. The minimum absolute atomic E-state index is 0.597. The van der Waals surface area contributed by atoms with Crippen molar-refractivity contribution in [1.82, 2.24) is 29.9 Å². The second-order valence-corrected chi connectivity index (χ2v) is 9.77. The molecular weight excluding hydrogens is 516 g/mol.